The van der Waals surface area contributed by atoms with Gasteiger partial charge in [0, 0.05) is 29.3 Å². The predicted molar refractivity (Wildman–Crippen MR) is 134 cm³/mol. The molecule has 5 rings (SSSR count). The van der Waals surface area contributed by atoms with Crippen LogP contribution in [0.2, 0.25) is 0 Å². The molecule has 1 unspecified atom stereocenters. The minimum atomic E-state index is -4.90. The zero-order valence-electron chi connectivity index (χ0n) is 20.5. The van der Waals surface area contributed by atoms with E-state index < -0.39 is 79.1 Å². The fraction of sp³-hybridized carbons (Fsp3) is 0.185. The highest BCUT2D eigenvalue weighted by atomic mass is 32.2. The summed E-state index contributed by atoms with van der Waals surface area (Å²) in [7, 11) is -3.80. The molecule has 3 aromatic carbocycles. The summed E-state index contributed by atoms with van der Waals surface area (Å²) in [6.45, 7) is -0.636. The Kier molecular flexibility index (Phi) is 6.54. The summed E-state index contributed by atoms with van der Waals surface area (Å²) in [6, 6.07) is 12.1. The number of fused-ring (bicyclic) bond motifs is 2. The average molecular weight is 579 g/mol. The van der Waals surface area contributed by atoms with Gasteiger partial charge in [0.05, 0.1) is 12.7 Å². The third kappa shape index (κ3) is 4.44. The fourth-order valence-corrected chi connectivity index (χ4v) is 6.34. The number of rotatable bonds is 4. The largest absolute Gasteiger partial charge is 0.467 e. The molecule has 0 radical (unpaired) electrons. The Labute approximate surface area is 223 Å². The molecular weight excluding hydrogens is 559 g/mol. The second-order valence-electron chi connectivity index (χ2n) is 9.02. The Morgan fingerprint density at radius 1 is 0.950 bits per heavy atom. The van der Waals surface area contributed by atoms with Gasteiger partial charge in [-0.05, 0) is 28.5 Å². The highest BCUT2D eigenvalue weighted by Gasteiger charge is 2.45. The van der Waals surface area contributed by atoms with Crippen LogP contribution in [0.1, 0.15) is 22.7 Å². The summed E-state index contributed by atoms with van der Waals surface area (Å²) < 4.78 is 108. The van der Waals surface area contributed by atoms with Gasteiger partial charge in [0.25, 0.3) is 21.5 Å². The topological polar surface area (TPSA) is 94.5 Å². The molecule has 13 heteroatoms. The molecule has 7 nitrogen and oxygen atoms in total. The van der Waals surface area contributed by atoms with Gasteiger partial charge in [-0.25, -0.2) is 17.9 Å². The lowest BCUT2D eigenvalue weighted by atomic mass is 9.90. The molecule has 2 heterocycles. The third-order valence-corrected chi connectivity index (χ3v) is 8.11. The van der Waals surface area contributed by atoms with Crippen LogP contribution in [0, 0.1) is 0 Å². The van der Waals surface area contributed by atoms with E-state index in [0.717, 1.165) is 25.3 Å². The number of carbonyl (C=O) groups excluding carboxylic acids is 1. The van der Waals surface area contributed by atoms with Crippen molar-refractivity contribution < 1.29 is 39.9 Å². The number of hydrogen-bond acceptors (Lipinski definition) is 5. The van der Waals surface area contributed by atoms with Crippen molar-refractivity contribution in [2.24, 2.45) is 0 Å². The molecule has 4 aromatic rings. The molecule has 0 bridgehead atoms. The van der Waals surface area contributed by atoms with Crippen LogP contribution in [0.3, 0.4) is 0 Å². The van der Waals surface area contributed by atoms with Gasteiger partial charge < -0.3 is 4.74 Å². The van der Waals surface area contributed by atoms with Gasteiger partial charge in [0.2, 0.25) is 0 Å². The van der Waals surface area contributed by atoms with E-state index in [0.29, 0.717) is 28.2 Å². The van der Waals surface area contributed by atoms with Gasteiger partial charge >= 0.3 is 12.1 Å². The molecule has 0 saturated carbocycles. The number of benzene rings is 3. The monoisotopic (exact) mass is 578 g/mol. The maximum Gasteiger partial charge on any atom is 0.416 e. The van der Waals surface area contributed by atoms with E-state index in [1.807, 2.05) is 0 Å². The van der Waals surface area contributed by atoms with Crippen LogP contribution in [0.15, 0.2) is 82.6 Å². The summed E-state index contributed by atoms with van der Waals surface area (Å²) in [5.41, 5.74) is -5.67. The number of sulfonamides is 1. The van der Waals surface area contributed by atoms with Crippen molar-refractivity contribution in [3.63, 3.8) is 0 Å². The Hall–Kier alpha value is -4.10. The van der Waals surface area contributed by atoms with E-state index in [1.165, 1.54) is 18.2 Å². The first-order valence-corrected chi connectivity index (χ1v) is 13.2. The molecule has 0 aliphatic carbocycles. The lowest BCUT2D eigenvalue weighted by Crippen LogP contribution is -2.48. The first-order chi connectivity index (χ1) is 18.8. The molecule has 1 N–H and O–H groups in total. The average Bonchev–Trinajstić information content (AvgIpc) is 2.92. The van der Waals surface area contributed by atoms with Gasteiger partial charge in [-0.15, -0.1) is 0 Å². The first kappa shape index (κ1) is 27.5. The van der Waals surface area contributed by atoms with Crippen LogP contribution in [0.4, 0.5) is 22.0 Å². The van der Waals surface area contributed by atoms with E-state index in [-0.39, 0.29) is 5.39 Å². The van der Waals surface area contributed by atoms with Crippen molar-refractivity contribution in [2.75, 3.05) is 13.7 Å². The lowest BCUT2D eigenvalue weighted by Gasteiger charge is -2.31. The molecule has 40 heavy (non-hydrogen) atoms. The van der Waals surface area contributed by atoms with Crippen molar-refractivity contribution in [2.45, 2.75) is 23.2 Å². The van der Waals surface area contributed by atoms with Crippen LogP contribution in [0.25, 0.3) is 21.9 Å². The number of pyridine rings is 1. The molecular formula is C27H19F5N2O5S. The summed E-state index contributed by atoms with van der Waals surface area (Å²) in [5, 5.41) is -0.581. The Bertz CT molecular complexity index is 1830. The fourth-order valence-electron chi connectivity index (χ4n) is 4.85. The number of hydrogen-bond donors (Lipinski definition) is 1. The van der Waals surface area contributed by atoms with Crippen LogP contribution in [-0.2, 0) is 31.7 Å². The minimum Gasteiger partial charge on any atom is -0.467 e. The van der Waals surface area contributed by atoms with Crippen LogP contribution in [0.5, 0.6) is 0 Å². The smallest absolute Gasteiger partial charge is 0.416 e. The molecule has 1 aromatic heterocycles. The quantitative estimate of drug-likeness (QED) is 0.277. The minimum absolute atomic E-state index is 0.0798. The van der Waals surface area contributed by atoms with Gasteiger partial charge in [0.1, 0.15) is 6.04 Å². The van der Waals surface area contributed by atoms with Gasteiger partial charge in [-0.3, -0.25) is 9.36 Å². The Morgan fingerprint density at radius 3 is 2.33 bits per heavy atom. The first-order valence-electron chi connectivity index (χ1n) is 11.7. The van der Waals surface area contributed by atoms with E-state index in [2.05, 4.69) is 9.46 Å². The van der Waals surface area contributed by atoms with Crippen molar-refractivity contribution >= 4 is 26.8 Å². The summed E-state index contributed by atoms with van der Waals surface area (Å²) in [4.78, 5) is 25.8. The summed E-state index contributed by atoms with van der Waals surface area (Å²) in [6.07, 6.45) is -4.90. The molecule has 0 amide bonds. The second-order valence-corrected chi connectivity index (χ2v) is 10.7. The number of ether oxygens (including phenoxy) is 1. The standard InChI is InChI=1S/C27H19F5N2O5S/c1-39-25(36)21-14-33-40(37,38)24-23(16-8-4-9-17(12-16)27(30,31)32)20(13-22(35)34(21)24)26(28,29)19-11-5-7-15-6-2-3-10-18(15)19/h2-13,21,33H,14H2,1H3. The maximum absolute atomic E-state index is 16.5. The number of alkyl halides is 5. The van der Waals surface area contributed by atoms with Crippen LogP contribution < -0.4 is 10.3 Å². The van der Waals surface area contributed by atoms with Crippen molar-refractivity contribution in [3.05, 3.63) is 99.8 Å². The Balaban J connectivity index is 1.94. The lowest BCUT2D eigenvalue weighted by molar-refractivity contribution is -0.144. The van der Waals surface area contributed by atoms with Crippen molar-refractivity contribution in [1.82, 2.24) is 9.29 Å². The molecule has 0 saturated heterocycles. The van der Waals surface area contributed by atoms with Gasteiger partial charge in [0.15, 0.2) is 5.03 Å². The third-order valence-electron chi connectivity index (χ3n) is 6.66. The van der Waals surface area contributed by atoms with Gasteiger partial charge in [-0.2, -0.15) is 22.0 Å². The van der Waals surface area contributed by atoms with Crippen molar-refractivity contribution in [3.8, 4) is 11.1 Å². The summed E-state index contributed by atoms with van der Waals surface area (Å²) in [5.74, 6) is -5.14. The maximum atomic E-state index is 16.5. The normalized spacial score (nSPS) is 16.9. The highest BCUT2D eigenvalue weighted by Crippen LogP contribution is 2.46. The number of esters is 1. The Morgan fingerprint density at radius 2 is 1.62 bits per heavy atom. The van der Waals surface area contributed by atoms with Crippen LogP contribution >= 0.6 is 0 Å². The molecule has 1 aliphatic heterocycles. The predicted octanol–water partition coefficient (Wildman–Crippen LogP) is 4.83. The molecule has 0 fully saturated rings. The molecule has 1 aliphatic rings. The zero-order chi connectivity index (χ0) is 29.0. The number of nitrogens with one attached hydrogen (secondary N) is 1. The van der Waals surface area contributed by atoms with E-state index in [4.69, 9.17) is 0 Å². The molecule has 0 spiro atoms. The van der Waals surface area contributed by atoms with E-state index >= 15 is 8.78 Å². The summed E-state index contributed by atoms with van der Waals surface area (Å²) >= 11 is 0. The number of carbonyl (C=O) groups is 1. The zero-order valence-corrected chi connectivity index (χ0v) is 21.3. The van der Waals surface area contributed by atoms with Crippen LogP contribution in [-0.4, -0.2) is 32.6 Å². The molecule has 208 valence electrons. The number of halogens is 5. The SMILES string of the molecule is COC(=O)C1CNS(=O)(=O)c2c(-c3cccc(C(F)(F)F)c3)c(C(F)(F)c3cccc4ccccc34)cc(=O)n21. The van der Waals surface area contributed by atoms with E-state index in [9.17, 15) is 31.2 Å². The number of methoxy groups -OCH3 is 1. The van der Waals surface area contributed by atoms with Gasteiger partial charge in [-0.1, -0.05) is 54.6 Å². The number of nitrogens with zero attached hydrogens (tertiary/aromatic N) is 1. The van der Waals surface area contributed by atoms with Crippen molar-refractivity contribution in [1.29, 1.82) is 0 Å². The van der Waals surface area contributed by atoms with E-state index in [1.54, 1.807) is 18.2 Å². The number of aromatic nitrogens is 1. The highest BCUT2D eigenvalue weighted by molar-refractivity contribution is 7.89. The second kappa shape index (κ2) is 9.52. The molecule has 1 atom stereocenters.